The van der Waals surface area contributed by atoms with Gasteiger partial charge in [-0.25, -0.2) is 0 Å². The lowest BCUT2D eigenvalue weighted by Gasteiger charge is -2.32. The molecule has 1 aliphatic rings. The second-order valence-electron chi connectivity index (χ2n) is 4.14. The first-order valence-corrected chi connectivity index (χ1v) is 6.34. The van der Waals surface area contributed by atoms with E-state index in [1.165, 1.54) is 5.69 Å². The van der Waals surface area contributed by atoms with Crippen molar-refractivity contribution in [3.63, 3.8) is 0 Å². The predicted molar refractivity (Wildman–Crippen MR) is 70.1 cm³/mol. The van der Waals surface area contributed by atoms with Crippen molar-refractivity contribution in [2.45, 2.75) is 18.9 Å². The molecule has 88 valence electrons. The Morgan fingerprint density at radius 3 is 2.62 bits per heavy atom. The van der Waals surface area contributed by atoms with E-state index in [4.69, 9.17) is 10.5 Å². The lowest BCUT2D eigenvalue weighted by Crippen LogP contribution is -2.39. The summed E-state index contributed by atoms with van der Waals surface area (Å²) in [5, 5.41) is 0. The Hall–Kier alpha value is -0.740. The number of benzene rings is 1. The highest BCUT2D eigenvalue weighted by atomic mass is 79.9. The van der Waals surface area contributed by atoms with Gasteiger partial charge in [0.1, 0.15) is 5.75 Å². The maximum Gasteiger partial charge on any atom is 0.133 e. The van der Waals surface area contributed by atoms with Gasteiger partial charge in [-0.2, -0.15) is 0 Å². The minimum atomic E-state index is 0.373. The second-order valence-corrected chi connectivity index (χ2v) is 5.00. The summed E-state index contributed by atoms with van der Waals surface area (Å²) in [5.74, 6) is 0.873. The highest BCUT2D eigenvalue weighted by Crippen LogP contribution is 2.30. The fourth-order valence-electron chi connectivity index (χ4n) is 2.01. The molecule has 1 aromatic carbocycles. The van der Waals surface area contributed by atoms with Crippen LogP contribution in [0.15, 0.2) is 22.7 Å². The van der Waals surface area contributed by atoms with E-state index in [9.17, 15) is 0 Å². The molecule has 1 saturated heterocycles. The summed E-state index contributed by atoms with van der Waals surface area (Å²) in [5.41, 5.74) is 7.13. The van der Waals surface area contributed by atoms with Gasteiger partial charge in [0.05, 0.1) is 11.6 Å². The van der Waals surface area contributed by atoms with Crippen molar-refractivity contribution in [2.75, 3.05) is 25.1 Å². The molecule has 1 heterocycles. The van der Waals surface area contributed by atoms with Crippen LogP contribution in [0.1, 0.15) is 12.8 Å². The average molecular weight is 285 g/mol. The van der Waals surface area contributed by atoms with Crippen molar-refractivity contribution in [3.8, 4) is 5.75 Å². The first-order valence-electron chi connectivity index (χ1n) is 5.55. The van der Waals surface area contributed by atoms with E-state index in [-0.39, 0.29) is 0 Å². The van der Waals surface area contributed by atoms with E-state index in [1.54, 1.807) is 7.11 Å². The Morgan fingerprint density at radius 1 is 1.38 bits per heavy atom. The molecular formula is C12H17BrN2O. The van der Waals surface area contributed by atoms with Crippen molar-refractivity contribution in [3.05, 3.63) is 22.7 Å². The number of methoxy groups -OCH3 is 1. The molecule has 16 heavy (non-hydrogen) atoms. The number of halogens is 1. The number of piperidine rings is 1. The summed E-state index contributed by atoms with van der Waals surface area (Å²) in [6.45, 7) is 2.08. The molecule has 1 aromatic rings. The first kappa shape index (κ1) is 11.7. The quantitative estimate of drug-likeness (QED) is 0.906. The van der Waals surface area contributed by atoms with Gasteiger partial charge in [-0.1, -0.05) is 0 Å². The number of nitrogens with zero attached hydrogens (tertiary/aromatic N) is 1. The number of rotatable bonds is 2. The molecule has 0 radical (unpaired) electrons. The highest BCUT2D eigenvalue weighted by molar-refractivity contribution is 9.10. The lowest BCUT2D eigenvalue weighted by molar-refractivity contribution is 0.412. The van der Waals surface area contributed by atoms with Crippen LogP contribution in [0.4, 0.5) is 5.69 Å². The number of anilines is 1. The number of nitrogens with two attached hydrogens (primary N) is 1. The monoisotopic (exact) mass is 284 g/mol. The topological polar surface area (TPSA) is 38.5 Å². The molecule has 0 spiro atoms. The average Bonchev–Trinajstić information content (AvgIpc) is 2.30. The molecule has 3 nitrogen and oxygen atoms in total. The Bertz CT molecular complexity index is 362. The van der Waals surface area contributed by atoms with Crippen molar-refractivity contribution in [1.29, 1.82) is 0 Å². The van der Waals surface area contributed by atoms with Crippen LogP contribution < -0.4 is 15.4 Å². The highest BCUT2D eigenvalue weighted by Gasteiger charge is 2.16. The van der Waals surface area contributed by atoms with Crippen molar-refractivity contribution < 1.29 is 4.74 Å². The van der Waals surface area contributed by atoms with Gasteiger partial charge in [-0.3, -0.25) is 0 Å². The van der Waals surface area contributed by atoms with Crippen molar-refractivity contribution >= 4 is 21.6 Å². The third kappa shape index (κ3) is 2.50. The van der Waals surface area contributed by atoms with Crippen LogP contribution in [0.25, 0.3) is 0 Å². The van der Waals surface area contributed by atoms with E-state index >= 15 is 0 Å². The van der Waals surface area contributed by atoms with Crippen LogP contribution in [-0.4, -0.2) is 26.2 Å². The van der Waals surface area contributed by atoms with Crippen LogP contribution >= 0.6 is 15.9 Å². The zero-order valence-electron chi connectivity index (χ0n) is 9.45. The summed E-state index contributed by atoms with van der Waals surface area (Å²) < 4.78 is 6.22. The van der Waals surface area contributed by atoms with E-state index < -0.39 is 0 Å². The summed E-state index contributed by atoms with van der Waals surface area (Å²) >= 11 is 3.51. The molecule has 4 heteroatoms. The normalized spacial score (nSPS) is 17.6. The molecule has 1 aliphatic heterocycles. The summed E-state index contributed by atoms with van der Waals surface area (Å²) in [6, 6.07) is 6.57. The van der Waals surface area contributed by atoms with Gasteiger partial charge in [0.25, 0.3) is 0 Å². The van der Waals surface area contributed by atoms with Gasteiger partial charge in [0, 0.05) is 24.8 Å². The minimum Gasteiger partial charge on any atom is -0.496 e. The standard InChI is InChI=1S/C12H17BrN2O/c1-16-12-3-2-10(8-11(12)13)15-6-4-9(14)5-7-15/h2-3,8-9H,4-7,14H2,1H3. The maximum absolute atomic E-state index is 5.89. The van der Waals surface area contributed by atoms with Gasteiger partial charge in [-0.15, -0.1) is 0 Å². The van der Waals surface area contributed by atoms with Crippen molar-refractivity contribution in [1.82, 2.24) is 0 Å². The second kappa shape index (κ2) is 5.06. The zero-order chi connectivity index (χ0) is 11.5. The molecule has 0 amide bonds. The van der Waals surface area contributed by atoms with Gasteiger partial charge in [0.15, 0.2) is 0 Å². The molecule has 1 fully saturated rings. The molecule has 2 N–H and O–H groups in total. The largest absolute Gasteiger partial charge is 0.496 e. The van der Waals surface area contributed by atoms with E-state index in [2.05, 4.69) is 33.0 Å². The Labute approximate surface area is 105 Å². The molecule has 0 atom stereocenters. The van der Waals surface area contributed by atoms with Crippen LogP contribution in [0.5, 0.6) is 5.75 Å². The fourth-order valence-corrected chi connectivity index (χ4v) is 2.54. The number of hydrogen-bond donors (Lipinski definition) is 1. The summed E-state index contributed by atoms with van der Waals surface area (Å²) in [4.78, 5) is 2.37. The Kier molecular flexibility index (Phi) is 3.71. The molecular weight excluding hydrogens is 268 g/mol. The molecule has 2 rings (SSSR count). The molecule has 0 unspecified atom stereocenters. The van der Waals surface area contributed by atoms with E-state index in [1.807, 2.05) is 6.07 Å². The fraction of sp³-hybridized carbons (Fsp3) is 0.500. The number of ether oxygens (including phenoxy) is 1. The van der Waals surface area contributed by atoms with Crippen molar-refractivity contribution in [2.24, 2.45) is 5.73 Å². The third-order valence-corrected chi connectivity index (χ3v) is 3.66. The maximum atomic E-state index is 5.89. The Morgan fingerprint density at radius 2 is 2.06 bits per heavy atom. The van der Waals surface area contributed by atoms with Crippen LogP contribution in [0.2, 0.25) is 0 Å². The summed E-state index contributed by atoms with van der Waals surface area (Å²) in [6.07, 6.45) is 2.15. The SMILES string of the molecule is COc1ccc(N2CCC(N)CC2)cc1Br. The minimum absolute atomic E-state index is 0.373. The van der Waals surface area contributed by atoms with E-state index in [0.717, 1.165) is 36.2 Å². The van der Waals surface area contributed by atoms with Crippen LogP contribution in [-0.2, 0) is 0 Å². The zero-order valence-corrected chi connectivity index (χ0v) is 11.0. The van der Waals surface area contributed by atoms with Crippen LogP contribution in [0, 0.1) is 0 Å². The van der Waals surface area contributed by atoms with Gasteiger partial charge in [0.2, 0.25) is 0 Å². The van der Waals surface area contributed by atoms with Gasteiger partial charge < -0.3 is 15.4 Å². The molecule has 0 bridgehead atoms. The lowest BCUT2D eigenvalue weighted by atomic mass is 10.1. The first-order chi connectivity index (χ1) is 7.70. The Balaban J connectivity index is 2.12. The predicted octanol–water partition coefficient (Wildman–Crippen LogP) is 2.39. The smallest absolute Gasteiger partial charge is 0.133 e. The summed E-state index contributed by atoms with van der Waals surface area (Å²) in [7, 11) is 1.68. The third-order valence-electron chi connectivity index (χ3n) is 3.04. The molecule has 0 aliphatic carbocycles. The number of hydrogen-bond acceptors (Lipinski definition) is 3. The van der Waals surface area contributed by atoms with E-state index in [0.29, 0.717) is 6.04 Å². The van der Waals surface area contributed by atoms with Gasteiger partial charge >= 0.3 is 0 Å². The van der Waals surface area contributed by atoms with Crippen LogP contribution in [0.3, 0.4) is 0 Å². The van der Waals surface area contributed by atoms with Gasteiger partial charge in [-0.05, 0) is 47.0 Å². The molecule has 0 saturated carbocycles. The molecule has 0 aromatic heterocycles.